The smallest absolute Gasteiger partial charge is 0.283 e. The Balaban J connectivity index is 1.65. The molecule has 0 bridgehead atoms. The first-order chi connectivity index (χ1) is 17.5. The van der Waals surface area contributed by atoms with Crippen LogP contribution in [-0.2, 0) is 6.42 Å². The lowest BCUT2D eigenvalue weighted by molar-refractivity contribution is 0.0743. The molecule has 1 aliphatic rings. The summed E-state index contributed by atoms with van der Waals surface area (Å²) in [4.78, 5) is 13.2. The molecule has 1 aromatic heterocycles. The van der Waals surface area contributed by atoms with Crippen LogP contribution in [0.3, 0.4) is 0 Å². The van der Waals surface area contributed by atoms with E-state index in [9.17, 15) is 4.79 Å². The van der Waals surface area contributed by atoms with Crippen LogP contribution in [0.4, 0.5) is 0 Å². The molecule has 188 valence electrons. The number of carbonyl (C=O) groups excluding carboxylic acids is 1. The van der Waals surface area contributed by atoms with E-state index >= 15 is 0 Å². The van der Waals surface area contributed by atoms with Gasteiger partial charge in [0.25, 0.3) is 5.91 Å². The molecule has 1 aliphatic heterocycles. The van der Waals surface area contributed by atoms with Crippen molar-refractivity contribution in [1.82, 2.24) is 20.2 Å². The van der Waals surface area contributed by atoms with Crippen LogP contribution < -0.4 is 5.43 Å². The van der Waals surface area contributed by atoms with Gasteiger partial charge in [-0.3, -0.25) is 10.2 Å². The molecule has 6 nitrogen and oxygen atoms in total. The highest BCUT2D eigenvalue weighted by molar-refractivity contribution is 6.35. The second-order valence-electron chi connectivity index (χ2n) is 9.23. The van der Waals surface area contributed by atoms with Crippen molar-refractivity contribution in [3.63, 3.8) is 0 Å². The van der Waals surface area contributed by atoms with Crippen LogP contribution in [0.15, 0.2) is 42.5 Å². The minimum atomic E-state index is -0.214. The monoisotopic (exact) mass is 523 g/mol. The Kier molecular flexibility index (Phi) is 9.03. The number of hydrogen-bond acceptors (Lipinski definition) is 4. The second-order valence-corrected chi connectivity index (χ2v) is 10.1. The van der Waals surface area contributed by atoms with E-state index in [1.165, 1.54) is 12.0 Å². The topological polar surface area (TPSA) is 74.0 Å². The van der Waals surface area contributed by atoms with Gasteiger partial charge in [-0.05, 0) is 62.8 Å². The maximum Gasteiger partial charge on any atom is 0.286 e. The van der Waals surface area contributed by atoms with Gasteiger partial charge in [0.15, 0.2) is 5.69 Å². The Morgan fingerprint density at radius 1 is 1.06 bits per heavy atom. The third-order valence-corrected chi connectivity index (χ3v) is 7.11. The summed E-state index contributed by atoms with van der Waals surface area (Å²) >= 11 is 12.7. The maximum absolute atomic E-state index is 13.2. The number of benzene rings is 2. The van der Waals surface area contributed by atoms with Crippen LogP contribution >= 0.6 is 23.2 Å². The van der Waals surface area contributed by atoms with Crippen molar-refractivity contribution in [1.29, 1.82) is 5.26 Å². The molecule has 1 N–H and O–H groups in total. The van der Waals surface area contributed by atoms with Crippen molar-refractivity contribution in [2.24, 2.45) is 0 Å². The molecular weight excluding hydrogens is 493 g/mol. The third kappa shape index (κ3) is 6.28. The van der Waals surface area contributed by atoms with E-state index in [-0.39, 0.29) is 5.91 Å². The molecule has 1 amide bonds. The van der Waals surface area contributed by atoms with Gasteiger partial charge in [0.1, 0.15) is 0 Å². The Bertz CT molecular complexity index is 1240. The molecule has 4 rings (SSSR count). The molecule has 8 heteroatoms. The Morgan fingerprint density at radius 2 is 1.81 bits per heavy atom. The molecule has 0 saturated carbocycles. The Morgan fingerprint density at radius 3 is 2.50 bits per heavy atom. The van der Waals surface area contributed by atoms with E-state index in [0.717, 1.165) is 68.4 Å². The molecule has 36 heavy (non-hydrogen) atoms. The fraction of sp³-hybridized carbons (Fsp3) is 0.393. The molecule has 2 heterocycles. The molecule has 3 aromatic rings. The molecule has 0 unspecified atom stereocenters. The van der Waals surface area contributed by atoms with Crippen LogP contribution in [0.25, 0.3) is 16.9 Å². The molecule has 0 atom stereocenters. The summed E-state index contributed by atoms with van der Waals surface area (Å²) in [5.41, 5.74) is 7.89. The number of carbonyl (C=O) groups is 1. The summed E-state index contributed by atoms with van der Waals surface area (Å²) in [6, 6.07) is 15.9. The van der Waals surface area contributed by atoms with Crippen molar-refractivity contribution in [3.8, 4) is 23.0 Å². The van der Waals surface area contributed by atoms with Crippen LogP contribution in [-0.4, -0.2) is 33.8 Å². The first-order valence-corrected chi connectivity index (χ1v) is 13.3. The van der Waals surface area contributed by atoms with Gasteiger partial charge >= 0.3 is 0 Å². The van der Waals surface area contributed by atoms with Gasteiger partial charge in [0.05, 0.1) is 22.5 Å². The fourth-order valence-electron chi connectivity index (χ4n) is 4.62. The number of aromatic nitrogens is 2. The Hall–Kier alpha value is -2.85. The maximum atomic E-state index is 13.2. The van der Waals surface area contributed by atoms with Crippen LogP contribution in [0, 0.1) is 18.3 Å². The molecule has 1 saturated heterocycles. The van der Waals surface area contributed by atoms with Crippen LogP contribution in [0.2, 0.25) is 10.0 Å². The normalized spacial score (nSPS) is 13.9. The average Bonchev–Trinajstić information content (AvgIpc) is 3.21. The fourth-order valence-corrected chi connectivity index (χ4v) is 5.11. The standard InChI is InChI=1S/C28H31Cl2N5O/c1-20-26(28(36)33-34-17-7-4-8-18-34)32-35(25-15-14-23(29)19-24(25)30)27(20)22-12-10-21(11-13-22)9-5-2-3-6-16-31/h10-15,19H,2-9,17-18H2,1H3,(H,33,36). The first-order valence-electron chi connectivity index (χ1n) is 12.5. The summed E-state index contributed by atoms with van der Waals surface area (Å²) in [5.74, 6) is -0.214. The number of aryl methyl sites for hydroxylation is 1. The average molecular weight is 524 g/mol. The van der Waals surface area contributed by atoms with Gasteiger partial charge in [-0.1, -0.05) is 60.3 Å². The number of piperidine rings is 1. The highest BCUT2D eigenvalue weighted by Crippen LogP contribution is 2.33. The van der Waals surface area contributed by atoms with E-state index in [1.54, 1.807) is 16.8 Å². The number of hydrazine groups is 1. The SMILES string of the molecule is Cc1c(C(=O)NN2CCCCC2)nn(-c2ccc(Cl)cc2Cl)c1-c1ccc(CCCCCC#N)cc1. The lowest BCUT2D eigenvalue weighted by atomic mass is 10.0. The van der Waals surface area contributed by atoms with Gasteiger partial charge < -0.3 is 0 Å². The highest BCUT2D eigenvalue weighted by Gasteiger charge is 2.25. The lowest BCUT2D eigenvalue weighted by Gasteiger charge is -2.26. The summed E-state index contributed by atoms with van der Waals surface area (Å²) in [5, 5.41) is 16.4. The number of unbranched alkanes of at least 4 members (excludes halogenated alkanes) is 3. The number of halogens is 2. The second kappa shape index (κ2) is 12.4. The van der Waals surface area contributed by atoms with Gasteiger partial charge in [-0.15, -0.1) is 0 Å². The van der Waals surface area contributed by atoms with Gasteiger partial charge in [-0.25, -0.2) is 9.69 Å². The van der Waals surface area contributed by atoms with Crippen molar-refractivity contribution in [2.75, 3.05) is 13.1 Å². The summed E-state index contributed by atoms with van der Waals surface area (Å²) in [6.45, 7) is 3.62. The number of nitrogens with one attached hydrogen (secondary N) is 1. The van der Waals surface area contributed by atoms with E-state index < -0.39 is 0 Å². The third-order valence-electron chi connectivity index (χ3n) is 6.57. The minimum absolute atomic E-state index is 0.214. The zero-order valence-corrected chi connectivity index (χ0v) is 22.1. The molecule has 0 aliphatic carbocycles. The predicted octanol–water partition coefficient (Wildman–Crippen LogP) is 6.91. The number of nitrogens with zero attached hydrogens (tertiary/aromatic N) is 4. The molecule has 1 fully saturated rings. The summed E-state index contributed by atoms with van der Waals surface area (Å²) < 4.78 is 1.75. The van der Waals surface area contributed by atoms with Crippen molar-refractivity contribution < 1.29 is 4.79 Å². The Labute approximate surface area is 222 Å². The van der Waals surface area contributed by atoms with Crippen LogP contribution in [0.1, 0.15) is 66.6 Å². The summed E-state index contributed by atoms with van der Waals surface area (Å²) in [6.07, 6.45) is 7.96. The van der Waals surface area contributed by atoms with E-state index in [2.05, 4.69) is 35.8 Å². The van der Waals surface area contributed by atoms with E-state index in [1.807, 2.05) is 18.0 Å². The number of nitriles is 1. The van der Waals surface area contributed by atoms with Gasteiger partial charge in [0, 0.05) is 35.7 Å². The quantitative estimate of drug-likeness (QED) is 0.309. The predicted molar refractivity (Wildman–Crippen MR) is 144 cm³/mol. The van der Waals surface area contributed by atoms with Crippen molar-refractivity contribution in [3.05, 3.63) is 69.3 Å². The number of rotatable bonds is 9. The molecular formula is C28H31Cl2N5O. The van der Waals surface area contributed by atoms with E-state index in [4.69, 9.17) is 33.6 Å². The van der Waals surface area contributed by atoms with E-state index in [0.29, 0.717) is 27.8 Å². The van der Waals surface area contributed by atoms with Crippen molar-refractivity contribution >= 4 is 29.1 Å². The molecule has 0 radical (unpaired) electrons. The number of amides is 1. The molecule has 2 aromatic carbocycles. The first kappa shape index (κ1) is 26.2. The molecule has 0 spiro atoms. The van der Waals surface area contributed by atoms with Crippen molar-refractivity contribution in [2.45, 2.75) is 58.3 Å². The highest BCUT2D eigenvalue weighted by atomic mass is 35.5. The largest absolute Gasteiger partial charge is 0.286 e. The van der Waals surface area contributed by atoms with Gasteiger partial charge in [0.2, 0.25) is 0 Å². The summed E-state index contributed by atoms with van der Waals surface area (Å²) in [7, 11) is 0. The minimum Gasteiger partial charge on any atom is -0.283 e. The number of hydrogen-bond donors (Lipinski definition) is 1. The van der Waals surface area contributed by atoms with Crippen LogP contribution in [0.5, 0.6) is 0 Å². The lowest BCUT2D eigenvalue weighted by Crippen LogP contribution is -2.45. The zero-order valence-electron chi connectivity index (χ0n) is 20.6. The zero-order chi connectivity index (χ0) is 25.5. The van der Waals surface area contributed by atoms with Gasteiger partial charge in [-0.2, -0.15) is 10.4 Å².